The Hall–Kier alpha value is -1.29. The molecular formula is C17H24N4O2S2. The number of aliphatic hydroxyl groups excluding tert-OH is 1. The van der Waals surface area contributed by atoms with Crippen molar-refractivity contribution in [2.45, 2.75) is 16.6 Å². The van der Waals surface area contributed by atoms with Crippen LogP contribution in [0.1, 0.15) is 11.1 Å². The molecule has 1 aromatic heterocycles. The average molecular weight is 381 g/mol. The topological polar surface area (TPSA) is 77.6 Å². The Morgan fingerprint density at radius 3 is 2.84 bits per heavy atom. The number of benzene rings is 1. The lowest BCUT2D eigenvalue weighted by Gasteiger charge is -2.15. The van der Waals surface area contributed by atoms with Crippen LogP contribution in [0.4, 0.5) is 10.7 Å². The number of methoxy groups -OCH3 is 1. The van der Waals surface area contributed by atoms with Crippen LogP contribution in [0.15, 0.2) is 41.3 Å². The van der Waals surface area contributed by atoms with Gasteiger partial charge in [0, 0.05) is 37.3 Å². The van der Waals surface area contributed by atoms with Crippen LogP contribution < -0.4 is 21.3 Å². The van der Waals surface area contributed by atoms with E-state index in [0.29, 0.717) is 0 Å². The van der Waals surface area contributed by atoms with Crippen LogP contribution in [0.2, 0.25) is 0 Å². The summed E-state index contributed by atoms with van der Waals surface area (Å²) >= 11 is 3.33. The Morgan fingerprint density at radius 1 is 1.24 bits per heavy atom. The summed E-state index contributed by atoms with van der Waals surface area (Å²) in [4.78, 5) is 2.09. The van der Waals surface area contributed by atoms with E-state index in [1.165, 1.54) is 4.90 Å². The average Bonchev–Trinajstić information content (AvgIpc) is 3.17. The lowest BCUT2D eigenvalue weighted by Crippen LogP contribution is -2.36. The largest absolute Gasteiger partial charge is 0.383 e. The second kappa shape index (κ2) is 9.42. The van der Waals surface area contributed by atoms with Gasteiger partial charge in [-0.15, -0.1) is 11.3 Å². The first kappa shape index (κ1) is 18.5. The molecule has 5 N–H and O–H groups in total. The van der Waals surface area contributed by atoms with Crippen LogP contribution in [-0.4, -0.2) is 44.0 Å². The molecule has 0 saturated heterocycles. The van der Waals surface area contributed by atoms with Crippen molar-refractivity contribution < 1.29 is 9.84 Å². The number of hydrogen-bond donors (Lipinski definition) is 5. The van der Waals surface area contributed by atoms with Gasteiger partial charge < -0.3 is 25.8 Å². The van der Waals surface area contributed by atoms with Crippen LogP contribution in [0, 0.1) is 0 Å². The van der Waals surface area contributed by atoms with Crippen molar-refractivity contribution in [2.75, 3.05) is 44.0 Å². The lowest BCUT2D eigenvalue weighted by atomic mass is 10.3. The molecule has 0 saturated carbocycles. The van der Waals surface area contributed by atoms with E-state index in [2.05, 4.69) is 27.3 Å². The molecule has 0 fully saturated rings. The van der Waals surface area contributed by atoms with Crippen LogP contribution in [0.5, 0.6) is 0 Å². The van der Waals surface area contributed by atoms with Crippen molar-refractivity contribution >= 4 is 33.8 Å². The Labute approximate surface area is 156 Å². The predicted octanol–water partition coefficient (Wildman–Crippen LogP) is 2.48. The molecule has 8 heteroatoms. The first-order valence-electron chi connectivity index (χ1n) is 8.26. The van der Waals surface area contributed by atoms with Gasteiger partial charge in [-0.05, 0) is 18.2 Å². The third kappa shape index (κ3) is 5.34. The smallest absolute Gasteiger partial charge is 0.160 e. The summed E-state index contributed by atoms with van der Waals surface area (Å²) in [7, 11) is 1.71. The van der Waals surface area contributed by atoms with Gasteiger partial charge in [0.05, 0.1) is 11.5 Å². The molecule has 25 heavy (non-hydrogen) atoms. The molecule has 2 heterocycles. The van der Waals surface area contributed by atoms with Crippen LogP contribution in [-0.2, 0) is 4.74 Å². The highest BCUT2D eigenvalue weighted by Gasteiger charge is 2.25. The van der Waals surface area contributed by atoms with E-state index < -0.39 is 6.23 Å². The minimum absolute atomic E-state index is 0.179. The molecule has 0 bridgehead atoms. The fraction of sp³-hybridized carbons (Fsp3) is 0.412. The van der Waals surface area contributed by atoms with Crippen molar-refractivity contribution in [3.8, 4) is 0 Å². The van der Waals surface area contributed by atoms with Gasteiger partial charge in [0.1, 0.15) is 10.5 Å². The van der Waals surface area contributed by atoms with E-state index in [1.54, 1.807) is 30.2 Å². The van der Waals surface area contributed by atoms with Gasteiger partial charge in [-0.1, -0.05) is 30.0 Å². The summed E-state index contributed by atoms with van der Waals surface area (Å²) in [5.41, 5.74) is 1.09. The minimum atomic E-state index is -0.697. The standard InChI is InChI=1S/C17H24N4O2S2/c1-23-10-9-18-7-8-19-17-21-16-14(25-17)11-13(24-16)15(22)20-12-5-3-2-4-6-12/h2-6,11,15,17-22H,7-10H2,1H3. The quantitative estimate of drug-likeness (QED) is 0.320. The third-order valence-corrected chi connectivity index (χ3v) is 6.03. The summed E-state index contributed by atoms with van der Waals surface area (Å²) in [5.74, 6) is 0. The summed E-state index contributed by atoms with van der Waals surface area (Å²) in [5, 5.41) is 24.8. The zero-order chi connectivity index (χ0) is 17.5. The second-order valence-electron chi connectivity index (χ2n) is 5.59. The maximum Gasteiger partial charge on any atom is 0.160 e. The van der Waals surface area contributed by atoms with Crippen molar-refractivity contribution in [3.05, 3.63) is 41.3 Å². The predicted molar refractivity (Wildman–Crippen MR) is 105 cm³/mol. The Bertz CT molecular complexity index is 630. The monoisotopic (exact) mass is 380 g/mol. The number of thioether (sulfide) groups is 1. The zero-order valence-corrected chi connectivity index (χ0v) is 15.8. The highest BCUT2D eigenvalue weighted by atomic mass is 32.2. The van der Waals surface area contributed by atoms with Crippen molar-refractivity contribution in [1.29, 1.82) is 0 Å². The Morgan fingerprint density at radius 2 is 2.08 bits per heavy atom. The van der Waals surface area contributed by atoms with E-state index in [1.807, 2.05) is 30.3 Å². The maximum absolute atomic E-state index is 10.4. The molecule has 1 aromatic carbocycles. The molecule has 1 aliphatic rings. The number of nitrogens with one attached hydrogen (secondary N) is 4. The normalized spacial score (nSPS) is 17.1. The van der Waals surface area contributed by atoms with Gasteiger partial charge in [-0.25, -0.2) is 0 Å². The number of fused-ring (bicyclic) bond motifs is 1. The van der Waals surface area contributed by atoms with E-state index in [-0.39, 0.29) is 5.50 Å². The third-order valence-electron chi connectivity index (χ3n) is 3.69. The van der Waals surface area contributed by atoms with Crippen LogP contribution >= 0.6 is 23.1 Å². The summed E-state index contributed by atoms with van der Waals surface area (Å²) < 4.78 is 5.00. The molecule has 0 spiro atoms. The molecule has 6 nitrogen and oxygen atoms in total. The van der Waals surface area contributed by atoms with Gasteiger partial charge in [0.2, 0.25) is 0 Å². The molecule has 3 rings (SSSR count). The van der Waals surface area contributed by atoms with Gasteiger partial charge in [0.15, 0.2) is 6.23 Å². The molecule has 2 aromatic rings. The van der Waals surface area contributed by atoms with E-state index in [4.69, 9.17) is 4.74 Å². The lowest BCUT2D eigenvalue weighted by molar-refractivity contribution is 0.199. The number of thiophene rings is 1. The molecule has 0 aliphatic carbocycles. The molecular weight excluding hydrogens is 356 g/mol. The molecule has 0 radical (unpaired) electrons. The molecule has 2 atom stereocenters. The summed E-state index contributed by atoms with van der Waals surface area (Å²) in [6.45, 7) is 3.39. The number of aliphatic hydroxyl groups is 1. The first-order valence-corrected chi connectivity index (χ1v) is 9.95. The number of hydrogen-bond acceptors (Lipinski definition) is 8. The number of rotatable bonds is 10. The molecule has 0 amide bonds. The van der Waals surface area contributed by atoms with Crippen molar-refractivity contribution in [1.82, 2.24) is 10.6 Å². The second-order valence-corrected chi connectivity index (χ2v) is 7.82. The number of ether oxygens (including phenoxy) is 1. The van der Waals surface area contributed by atoms with Crippen molar-refractivity contribution in [3.63, 3.8) is 0 Å². The first-order chi connectivity index (χ1) is 12.3. The SMILES string of the molecule is COCCNCCNC1Nc2sc(C(O)Nc3ccccc3)cc2S1. The van der Waals surface area contributed by atoms with Crippen LogP contribution in [0.3, 0.4) is 0 Å². The fourth-order valence-corrected chi connectivity index (χ4v) is 4.77. The van der Waals surface area contributed by atoms with Crippen molar-refractivity contribution in [2.24, 2.45) is 0 Å². The number of anilines is 2. The highest BCUT2D eigenvalue weighted by molar-refractivity contribution is 8.00. The van der Waals surface area contributed by atoms with E-state index >= 15 is 0 Å². The Balaban J connectivity index is 1.43. The summed E-state index contributed by atoms with van der Waals surface area (Å²) in [6.07, 6.45) is -0.697. The van der Waals surface area contributed by atoms with Gasteiger partial charge in [0.25, 0.3) is 0 Å². The Kier molecular flexibility index (Phi) is 6.97. The fourth-order valence-electron chi connectivity index (χ4n) is 2.44. The molecule has 2 unspecified atom stereocenters. The maximum atomic E-state index is 10.4. The van der Waals surface area contributed by atoms with Crippen LogP contribution in [0.25, 0.3) is 0 Å². The minimum Gasteiger partial charge on any atom is -0.383 e. The van der Waals surface area contributed by atoms with Gasteiger partial charge in [-0.2, -0.15) is 0 Å². The number of para-hydroxylation sites is 1. The van der Waals surface area contributed by atoms with E-state index in [0.717, 1.165) is 41.8 Å². The van der Waals surface area contributed by atoms with Gasteiger partial charge >= 0.3 is 0 Å². The molecule has 1 aliphatic heterocycles. The van der Waals surface area contributed by atoms with Gasteiger partial charge in [-0.3, -0.25) is 5.32 Å². The highest BCUT2D eigenvalue weighted by Crippen LogP contribution is 2.45. The molecule has 136 valence electrons. The van der Waals surface area contributed by atoms with E-state index in [9.17, 15) is 5.11 Å². The zero-order valence-electron chi connectivity index (χ0n) is 14.1. The summed E-state index contributed by atoms with van der Waals surface area (Å²) in [6, 6.07) is 11.8.